The van der Waals surface area contributed by atoms with Gasteiger partial charge < -0.3 is 15.5 Å². The molecular weight excluding hydrogens is 570 g/mol. The summed E-state index contributed by atoms with van der Waals surface area (Å²) < 4.78 is 0. The molecule has 3 aromatic rings. The number of nitrogens with two attached hydrogens (primary N) is 1. The molecule has 0 saturated heterocycles. The van der Waals surface area contributed by atoms with Crippen LogP contribution in [0.2, 0.25) is 5.02 Å². The molecule has 0 spiro atoms. The Morgan fingerprint density at radius 1 is 1.05 bits per heavy atom. The molecule has 1 saturated carbocycles. The maximum absolute atomic E-state index is 12.2. The minimum atomic E-state index is -0.346. The molecule has 6 heteroatoms. The number of carbonyl (C=O) groups is 1. The lowest BCUT2D eigenvalue weighted by Crippen LogP contribution is -2.54. The fourth-order valence-electron chi connectivity index (χ4n) is 7.75. The summed E-state index contributed by atoms with van der Waals surface area (Å²) in [4.78, 5) is 19.4. The van der Waals surface area contributed by atoms with Crippen molar-refractivity contribution in [1.29, 1.82) is 0 Å². The Balaban J connectivity index is 0.000000171. The zero-order valence-corrected chi connectivity index (χ0v) is 28.3. The summed E-state index contributed by atoms with van der Waals surface area (Å²) in [7, 11) is 4.23. The summed E-state index contributed by atoms with van der Waals surface area (Å²) in [6.45, 7) is 11.1. The smallest absolute Gasteiger partial charge is 0.223 e. The lowest BCUT2D eigenvalue weighted by atomic mass is 9.49. The van der Waals surface area contributed by atoms with Crippen LogP contribution in [0.25, 0.3) is 0 Å². The number of nitrogens with zero attached hydrogens (tertiary/aromatic N) is 2. The van der Waals surface area contributed by atoms with Crippen LogP contribution in [0.3, 0.4) is 0 Å². The van der Waals surface area contributed by atoms with Gasteiger partial charge in [0.15, 0.2) is 0 Å². The summed E-state index contributed by atoms with van der Waals surface area (Å²) in [5.74, 6) is 0.840. The van der Waals surface area contributed by atoms with Gasteiger partial charge in [-0.15, -0.1) is 0 Å². The number of benzene rings is 3. The van der Waals surface area contributed by atoms with Gasteiger partial charge in [0.2, 0.25) is 5.91 Å². The predicted octanol–water partition coefficient (Wildman–Crippen LogP) is 9.20. The van der Waals surface area contributed by atoms with E-state index < -0.39 is 0 Å². The van der Waals surface area contributed by atoms with Gasteiger partial charge in [0.1, 0.15) is 0 Å². The largest absolute Gasteiger partial charge is 0.369 e. The number of para-hydroxylation sites is 1. The van der Waals surface area contributed by atoms with Crippen LogP contribution in [-0.4, -0.2) is 38.0 Å². The molecule has 230 valence electrons. The molecule has 3 unspecified atom stereocenters. The number of rotatable bonds is 6. The molecule has 3 aromatic carbocycles. The first-order valence-corrected chi connectivity index (χ1v) is 17.1. The van der Waals surface area contributed by atoms with Crippen LogP contribution in [0.5, 0.6) is 0 Å². The van der Waals surface area contributed by atoms with Crippen LogP contribution in [-0.2, 0) is 16.6 Å². The molecular formula is C37H48ClN3OS. The van der Waals surface area contributed by atoms with Gasteiger partial charge in [-0.3, -0.25) is 4.79 Å². The molecule has 2 N–H and O–H groups in total. The third-order valence-corrected chi connectivity index (χ3v) is 11.5. The van der Waals surface area contributed by atoms with Gasteiger partial charge in [-0.05, 0) is 117 Å². The van der Waals surface area contributed by atoms with Crippen LogP contribution >= 0.6 is 23.4 Å². The third kappa shape index (κ3) is 6.36. The molecule has 1 amide bonds. The van der Waals surface area contributed by atoms with Crippen molar-refractivity contribution < 1.29 is 4.79 Å². The Bertz CT molecular complexity index is 1470. The van der Waals surface area contributed by atoms with E-state index in [2.05, 4.69) is 106 Å². The van der Waals surface area contributed by atoms with E-state index in [9.17, 15) is 4.79 Å². The Morgan fingerprint density at radius 2 is 1.79 bits per heavy atom. The van der Waals surface area contributed by atoms with E-state index in [-0.39, 0.29) is 16.7 Å². The van der Waals surface area contributed by atoms with E-state index in [1.54, 1.807) is 0 Å². The second-order valence-corrected chi connectivity index (χ2v) is 15.2. The number of amides is 1. The zero-order valence-electron chi connectivity index (χ0n) is 26.8. The number of carbonyl (C=O) groups excluding carboxylic acids is 1. The van der Waals surface area contributed by atoms with E-state index in [0.29, 0.717) is 11.8 Å². The second-order valence-electron chi connectivity index (χ2n) is 13.7. The van der Waals surface area contributed by atoms with Crippen LogP contribution in [0.4, 0.5) is 11.4 Å². The number of primary amides is 1. The fraction of sp³-hybridized carbons (Fsp3) is 0.486. The quantitative estimate of drug-likeness (QED) is 0.299. The standard InChI is InChI=1S/C20H29NO.C17H19ClN2S/c1-13(2)14-6-8-16-15(12-14)7-9-17-19(16,3)10-5-11-20(17,4)18(21)22;1-19(2)10-5-11-20-14-6-3-4-7-16(14)21-17-9-8-13(18)12-15(17)20/h6,8,12-13,17H,5,7,9-11H2,1-4H3,(H2,21,22);3-4,6-9,12H,5,10-11H2,1-2H3. The highest BCUT2D eigenvalue weighted by molar-refractivity contribution is 7.99. The van der Waals surface area contributed by atoms with Crippen molar-refractivity contribution in [3.8, 4) is 0 Å². The van der Waals surface area contributed by atoms with Gasteiger partial charge >= 0.3 is 0 Å². The third-order valence-electron chi connectivity index (χ3n) is 10.2. The molecule has 43 heavy (non-hydrogen) atoms. The lowest BCUT2D eigenvalue weighted by molar-refractivity contribution is -0.135. The normalized spacial score (nSPS) is 23.9. The van der Waals surface area contributed by atoms with E-state index in [1.807, 2.05) is 17.8 Å². The lowest BCUT2D eigenvalue weighted by Gasteiger charge is -2.54. The SMILES string of the molecule is CC(C)c1ccc2c(c1)CCC1C(C)(C(N)=O)CCCC21C.CN(C)CCCN1c2ccccc2Sc2ccc(Cl)cc21. The van der Waals surface area contributed by atoms with Gasteiger partial charge in [0.05, 0.1) is 11.4 Å². The fourth-order valence-corrected chi connectivity index (χ4v) is 9.00. The van der Waals surface area contributed by atoms with Crippen molar-refractivity contribution in [1.82, 2.24) is 4.90 Å². The Hall–Kier alpha value is -2.47. The first kappa shape index (κ1) is 31.9. The van der Waals surface area contributed by atoms with Crippen LogP contribution in [0, 0.1) is 11.3 Å². The summed E-state index contributed by atoms with van der Waals surface area (Å²) in [6, 6.07) is 21.8. The topological polar surface area (TPSA) is 49.6 Å². The van der Waals surface area contributed by atoms with E-state index >= 15 is 0 Å². The molecule has 0 bridgehead atoms. The summed E-state index contributed by atoms with van der Waals surface area (Å²) >= 11 is 8.03. The monoisotopic (exact) mass is 617 g/mol. The minimum Gasteiger partial charge on any atom is -0.369 e. The van der Waals surface area contributed by atoms with Gasteiger partial charge in [0, 0.05) is 26.8 Å². The predicted molar refractivity (Wildman–Crippen MR) is 183 cm³/mol. The summed E-state index contributed by atoms with van der Waals surface area (Å²) in [5.41, 5.74) is 12.5. The average Bonchev–Trinajstić information content (AvgIpc) is 2.96. The molecule has 4 nitrogen and oxygen atoms in total. The molecule has 0 aromatic heterocycles. The first-order chi connectivity index (χ1) is 20.4. The molecule has 3 atom stereocenters. The Kier molecular flexibility index (Phi) is 9.56. The van der Waals surface area contributed by atoms with Gasteiger partial charge in [-0.1, -0.05) is 87.8 Å². The number of aryl methyl sites for hydroxylation is 1. The van der Waals surface area contributed by atoms with E-state index in [4.69, 9.17) is 17.3 Å². The average molecular weight is 618 g/mol. The molecule has 3 aliphatic rings. The molecule has 2 aliphatic carbocycles. The van der Waals surface area contributed by atoms with Gasteiger partial charge in [-0.2, -0.15) is 0 Å². The highest BCUT2D eigenvalue weighted by atomic mass is 35.5. The number of hydrogen-bond acceptors (Lipinski definition) is 4. The van der Waals surface area contributed by atoms with Crippen molar-refractivity contribution in [2.75, 3.05) is 32.1 Å². The molecule has 1 aliphatic heterocycles. The Morgan fingerprint density at radius 3 is 2.51 bits per heavy atom. The van der Waals surface area contributed by atoms with E-state index in [1.165, 1.54) is 44.3 Å². The molecule has 6 rings (SSSR count). The summed E-state index contributed by atoms with van der Waals surface area (Å²) in [5, 5.41) is 0.798. The highest BCUT2D eigenvalue weighted by Gasteiger charge is 2.54. The number of hydrogen-bond donors (Lipinski definition) is 1. The summed E-state index contributed by atoms with van der Waals surface area (Å²) in [6.07, 6.45) is 6.51. The van der Waals surface area contributed by atoms with Crippen molar-refractivity contribution in [3.63, 3.8) is 0 Å². The minimum absolute atomic E-state index is 0.102. The van der Waals surface area contributed by atoms with Crippen molar-refractivity contribution in [2.45, 2.75) is 87.3 Å². The maximum atomic E-state index is 12.2. The highest BCUT2D eigenvalue weighted by Crippen LogP contribution is 2.57. The van der Waals surface area contributed by atoms with E-state index in [0.717, 1.165) is 50.2 Å². The zero-order chi connectivity index (χ0) is 30.9. The number of anilines is 2. The van der Waals surface area contributed by atoms with Crippen molar-refractivity contribution in [2.24, 2.45) is 17.1 Å². The maximum Gasteiger partial charge on any atom is 0.223 e. The van der Waals surface area contributed by atoms with Crippen LogP contribution in [0.15, 0.2) is 70.5 Å². The van der Waals surface area contributed by atoms with Crippen LogP contribution < -0.4 is 10.6 Å². The number of halogens is 1. The van der Waals surface area contributed by atoms with Crippen LogP contribution in [0.1, 0.15) is 82.4 Å². The molecule has 1 fully saturated rings. The Labute approximate surface area is 268 Å². The van der Waals surface area contributed by atoms with Gasteiger partial charge in [0.25, 0.3) is 0 Å². The van der Waals surface area contributed by atoms with Crippen molar-refractivity contribution >= 4 is 40.6 Å². The number of fused-ring (bicyclic) bond motifs is 5. The molecule has 0 radical (unpaired) electrons. The van der Waals surface area contributed by atoms with Gasteiger partial charge in [-0.25, -0.2) is 0 Å². The van der Waals surface area contributed by atoms with Crippen molar-refractivity contribution in [3.05, 3.63) is 82.4 Å². The first-order valence-electron chi connectivity index (χ1n) is 15.9. The molecule has 1 heterocycles. The second kappa shape index (κ2) is 12.9.